The zero-order chi connectivity index (χ0) is 19.2. The van der Waals surface area contributed by atoms with Crippen molar-refractivity contribution < 1.29 is 18.3 Å². The number of hydrogen-bond acceptors (Lipinski definition) is 4. The molecule has 0 bridgehead atoms. The zero-order valence-corrected chi connectivity index (χ0v) is 14.6. The number of carbonyl (C=O) groups excluding carboxylic acids is 1. The van der Waals surface area contributed by atoms with Gasteiger partial charge in [0, 0.05) is 31.4 Å². The summed E-state index contributed by atoms with van der Waals surface area (Å²) >= 11 is 0. The van der Waals surface area contributed by atoms with E-state index in [4.69, 9.17) is 10.00 Å². The Morgan fingerprint density at radius 3 is 2.70 bits per heavy atom. The summed E-state index contributed by atoms with van der Waals surface area (Å²) in [5.74, 6) is -1.19. The van der Waals surface area contributed by atoms with Gasteiger partial charge in [0.05, 0.1) is 11.6 Å². The molecule has 27 heavy (non-hydrogen) atoms. The first kappa shape index (κ1) is 18.6. The summed E-state index contributed by atoms with van der Waals surface area (Å²) in [5.41, 5.74) is 1.17. The summed E-state index contributed by atoms with van der Waals surface area (Å²) in [6, 6.07) is 12.4. The van der Waals surface area contributed by atoms with E-state index in [1.54, 1.807) is 30.3 Å². The minimum Gasteiger partial charge on any atom is -0.484 e. The van der Waals surface area contributed by atoms with Gasteiger partial charge in [-0.15, -0.1) is 0 Å². The van der Waals surface area contributed by atoms with Gasteiger partial charge in [0.1, 0.15) is 5.75 Å². The van der Waals surface area contributed by atoms with E-state index in [0.29, 0.717) is 30.1 Å². The van der Waals surface area contributed by atoms with E-state index in [1.165, 1.54) is 6.07 Å². The Morgan fingerprint density at radius 1 is 1.22 bits per heavy atom. The fourth-order valence-electron chi connectivity index (χ4n) is 3.00. The van der Waals surface area contributed by atoms with Crippen LogP contribution in [-0.4, -0.2) is 32.1 Å². The predicted octanol–water partition coefficient (Wildman–Crippen LogP) is 2.86. The Labute approximate surface area is 156 Å². The molecule has 1 atom stereocenters. The van der Waals surface area contributed by atoms with Crippen molar-refractivity contribution in [3.05, 3.63) is 59.7 Å². The third-order valence-corrected chi connectivity index (χ3v) is 4.50. The summed E-state index contributed by atoms with van der Waals surface area (Å²) in [6.07, 6.45) is 0.857. The molecule has 1 saturated heterocycles. The van der Waals surface area contributed by atoms with Gasteiger partial charge in [-0.3, -0.25) is 4.79 Å². The summed E-state index contributed by atoms with van der Waals surface area (Å²) in [5, 5.41) is 11.6. The Morgan fingerprint density at radius 2 is 2.00 bits per heavy atom. The van der Waals surface area contributed by atoms with Crippen LogP contribution in [0.3, 0.4) is 0 Å². The molecule has 0 aliphatic carbocycles. The van der Waals surface area contributed by atoms with Gasteiger partial charge in [0.15, 0.2) is 18.2 Å². The lowest BCUT2D eigenvalue weighted by molar-refractivity contribution is -0.123. The fourth-order valence-corrected chi connectivity index (χ4v) is 3.00. The van der Waals surface area contributed by atoms with E-state index in [0.717, 1.165) is 19.0 Å². The summed E-state index contributed by atoms with van der Waals surface area (Å²) in [4.78, 5) is 13.9. The number of nitriles is 1. The predicted molar refractivity (Wildman–Crippen MR) is 96.3 cm³/mol. The van der Waals surface area contributed by atoms with Crippen LogP contribution in [0.4, 0.5) is 14.5 Å². The average molecular weight is 371 g/mol. The van der Waals surface area contributed by atoms with Crippen molar-refractivity contribution >= 4 is 11.6 Å². The topological polar surface area (TPSA) is 65.4 Å². The molecular weight excluding hydrogens is 352 g/mol. The van der Waals surface area contributed by atoms with Gasteiger partial charge < -0.3 is 15.0 Å². The van der Waals surface area contributed by atoms with E-state index in [-0.39, 0.29) is 18.4 Å². The molecule has 5 nitrogen and oxygen atoms in total. The summed E-state index contributed by atoms with van der Waals surface area (Å²) < 4.78 is 31.8. The second kappa shape index (κ2) is 8.49. The molecule has 2 aromatic carbocycles. The van der Waals surface area contributed by atoms with Crippen LogP contribution in [0.1, 0.15) is 12.0 Å². The third kappa shape index (κ3) is 4.94. The molecule has 0 saturated carbocycles. The smallest absolute Gasteiger partial charge is 0.257 e. The molecule has 7 heteroatoms. The lowest BCUT2D eigenvalue weighted by Crippen LogP contribution is -2.34. The lowest BCUT2D eigenvalue weighted by Gasteiger charge is -2.19. The summed E-state index contributed by atoms with van der Waals surface area (Å²) in [7, 11) is 0. The third-order valence-electron chi connectivity index (χ3n) is 4.50. The van der Waals surface area contributed by atoms with Crippen LogP contribution in [0.15, 0.2) is 42.5 Å². The molecule has 0 aromatic heterocycles. The van der Waals surface area contributed by atoms with Gasteiger partial charge in [-0.25, -0.2) is 8.78 Å². The minimum atomic E-state index is -0.857. The fraction of sp³-hybridized carbons (Fsp3) is 0.300. The van der Waals surface area contributed by atoms with Crippen molar-refractivity contribution in [2.24, 2.45) is 5.92 Å². The van der Waals surface area contributed by atoms with Crippen LogP contribution < -0.4 is 15.0 Å². The first-order chi connectivity index (χ1) is 13.0. The Hall–Kier alpha value is -3.14. The van der Waals surface area contributed by atoms with Crippen molar-refractivity contribution in [1.29, 1.82) is 5.26 Å². The van der Waals surface area contributed by atoms with E-state index < -0.39 is 11.6 Å². The highest BCUT2D eigenvalue weighted by atomic mass is 19.2. The van der Waals surface area contributed by atoms with Crippen LogP contribution in [0.25, 0.3) is 0 Å². The number of halogens is 2. The molecule has 3 rings (SSSR count). The van der Waals surface area contributed by atoms with Gasteiger partial charge in [-0.2, -0.15) is 5.26 Å². The van der Waals surface area contributed by atoms with Crippen molar-refractivity contribution in [3.63, 3.8) is 0 Å². The number of ether oxygens (including phenoxy) is 1. The normalized spacial score (nSPS) is 16.0. The summed E-state index contributed by atoms with van der Waals surface area (Å²) in [6.45, 7) is 1.79. The molecule has 1 amide bonds. The van der Waals surface area contributed by atoms with Gasteiger partial charge >= 0.3 is 0 Å². The number of nitrogens with zero attached hydrogens (tertiary/aromatic N) is 2. The highest BCUT2D eigenvalue weighted by molar-refractivity contribution is 5.77. The van der Waals surface area contributed by atoms with E-state index >= 15 is 0 Å². The monoisotopic (exact) mass is 371 g/mol. The maximum absolute atomic E-state index is 13.4. The first-order valence-corrected chi connectivity index (χ1v) is 8.65. The molecule has 1 fully saturated rings. The van der Waals surface area contributed by atoms with Crippen LogP contribution >= 0.6 is 0 Å². The standard InChI is InChI=1S/C20H19F2N3O2/c21-18-6-3-16(9-19(18)22)25-8-7-15(12-25)11-24-20(26)13-27-17-4-1-14(10-23)2-5-17/h1-6,9,15H,7-8,11-13H2,(H,24,26)/t15-/m0/s1. The second-order valence-corrected chi connectivity index (χ2v) is 6.43. The molecule has 1 aliphatic heterocycles. The molecule has 1 heterocycles. The molecule has 140 valence electrons. The quantitative estimate of drug-likeness (QED) is 0.848. The molecule has 0 radical (unpaired) electrons. The van der Waals surface area contributed by atoms with Crippen LogP contribution in [-0.2, 0) is 4.79 Å². The van der Waals surface area contributed by atoms with Crippen molar-refractivity contribution in [1.82, 2.24) is 5.32 Å². The maximum Gasteiger partial charge on any atom is 0.257 e. The molecular formula is C20H19F2N3O2. The van der Waals surface area contributed by atoms with E-state index in [1.807, 2.05) is 11.0 Å². The number of hydrogen-bond donors (Lipinski definition) is 1. The lowest BCUT2D eigenvalue weighted by atomic mass is 10.1. The highest BCUT2D eigenvalue weighted by Gasteiger charge is 2.23. The number of benzene rings is 2. The highest BCUT2D eigenvalue weighted by Crippen LogP contribution is 2.25. The number of nitrogens with one attached hydrogen (secondary N) is 1. The minimum absolute atomic E-state index is 0.106. The van der Waals surface area contributed by atoms with Crippen molar-refractivity contribution in [3.8, 4) is 11.8 Å². The molecule has 1 N–H and O–H groups in total. The number of rotatable bonds is 6. The maximum atomic E-state index is 13.4. The largest absolute Gasteiger partial charge is 0.484 e. The number of amides is 1. The molecule has 1 aliphatic rings. The van der Waals surface area contributed by atoms with Gasteiger partial charge in [-0.1, -0.05) is 0 Å². The van der Waals surface area contributed by atoms with E-state index in [2.05, 4.69) is 5.32 Å². The Kier molecular flexibility index (Phi) is 5.87. The average Bonchev–Trinajstić information content (AvgIpc) is 3.16. The SMILES string of the molecule is N#Cc1ccc(OCC(=O)NC[C@@H]2CCN(c3ccc(F)c(F)c3)C2)cc1. The molecule has 2 aromatic rings. The Bertz CT molecular complexity index is 849. The second-order valence-electron chi connectivity index (χ2n) is 6.43. The number of anilines is 1. The Balaban J connectivity index is 1.41. The van der Waals surface area contributed by atoms with E-state index in [9.17, 15) is 13.6 Å². The van der Waals surface area contributed by atoms with Crippen LogP contribution in [0, 0.1) is 28.9 Å². The number of carbonyl (C=O) groups is 1. The van der Waals surface area contributed by atoms with Crippen LogP contribution in [0.2, 0.25) is 0 Å². The zero-order valence-electron chi connectivity index (χ0n) is 14.6. The van der Waals surface area contributed by atoms with Crippen LogP contribution in [0.5, 0.6) is 5.75 Å². The van der Waals surface area contributed by atoms with Gasteiger partial charge in [-0.05, 0) is 48.7 Å². The van der Waals surface area contributed by atoms with Gasteiger partial charge in [0.2, 0.25) is 0 Å². The molecule has 0 unspecified atom stereocenters. The molecule has 0 spiro atoms. The van der Waals surface area contributed by atoms with Crippen molar-refractivity contribution in [2.45, 2.75) is 6.42 Å². The van der Waals surface area contributed by atoms with Crippen molar-refractivity contribution in [2.75, 3.05) is 31.1 Å². The first-order valence-electron chi connectivity index (χ1n) is 8.65. The van der Waals surface area contributed by atoms with Gasteiger partial charge in [0.25, 0.3) is 5.91 Å².